The van der Waals surface area contributed by atoms with Crippen molar-refractivity contribution in [3.05, 3.63) is 42.5 Å². The largest absolute Gasteiger partial charge is 0.508 e. The van der Waals surface area contributed by atoms with Crippen molar-refractivity contribution in [2.24, 2.45) is 5.73 Å². The molecule has 3 rings (SSSR count). The predicted molar refractivity (Wildman–Crippen MR) is 97.3 cm³/mol. The van der Waals surface area contributed by atoms with Gasteiger partial charge in [0, 0.05) is 18.7 Å². The molecule has 0 saturated carbocycles. The number of aromatic hydroxyl groups is 1. The number of likely N-dealkylation sites (tertiary alicyclic amines) is 1. The number of carbonyl (C=O) groups is 2. The van der Waals surface area contributed by atoms with Gasteiger partial charge in [0.15, 0.2) is 0 Å². The van der Waals surface area contributed by atoms with Crippen LogP contribution in [0.15, 0.2) is 36.9 Å². The van der Waals surface area contributed by atoms with Crippen LogP contribution in [-0.2, 0) is 4.79 Å². The molecule has 26 heavy (non-hydrogen) atoms. The summed E-state index contributed by atoms with van der Waals surface area (Å²) in [6, 6.07) is 6.29. The number of aromatic nitrogens is 2. The van der Waals surface area contributed by atoms with Gasteiger partial charge in [-0.3, -0.25) is 9.59 Å². The fourth-order valence-corrected chi connectivity index (χ4v) is 3.25. The first-order valence-corrected chi connectivity index (χ1v) is 8.31. The number of piperidine rings is 1. The van der Waals surface area contributed by atoms with E-state index in [0.717, 1.165) is 0 Å². The van der Waals surface area contributed by atoms with E-state index in [-0.39, 0.29) is 29.1 Å². The first-order chi connectivity index (χ1) is 12.4. The normalized spacial score (nSPS) is 15.0. The molecule has 2 heterocycles. The molecule has 1 fully saturated rings. The minimum atomic E-state index is -0.656. The van der Waals surface area contributed by atoms with Gasteiger partial charge in [0.1, 0.15) is 22.8 Å². The lowest BCUT2D eigenvalue weighted by Crippen LogP contribution is -2.38. The lowest BCUT2D eigenvalue weighted by molar-refractivity contribution is -0.127. The average molecular weight is 355 g/mol. The molecular weight excluding hydrogens is 334 g/mol. The second-order valence-corrected chi connectivity index (χ2v) is 6.23. The van der Waals surface area contributed by atoms with Gasteiger partial charge in [-0.25, -0.2) is 4.68 Å². The molecule has 1 aliphatic heterocycles. The Morgan fingerprint density at radius 3 is 2.38 bits per heavy atom. The molecule has 0 spiro atoms. The third kappa shape index (κ3) is 3.13. The number of rotatable bonds is 4. The summed E-state index contributed by atoms with van der Waals surface area (Å²) in [4.78, 5) is 25.4. The van der Waals surface area contributed by atoms with Crippen molar-refractivity contribution in [2.45, 2.75) is 18.9 Å². The van der Waals surface area contributed by atoms with Crippen LogP contribution >= 0.6 is 0 Å². The minimum Gasteiger partial charge on any atom is -0.508 e. The van der Waals surface area contributed by atoms with Crippen molar-refractivity contribution in [1.29, 1.82) is 0 Å². The monoisotopic (exact) mass is 355 g/mol. The Balaban J connectivity index is 1.93. The molecule has 8 nitrogen and oxygen atoms in total. The molecule has 1 saturated heterocycles. The Morgan fingerprint density at radius 1 is 1.23 bits per heavy atom. The van der Waals surface area contributed by atoms with Crippen molar-refractivity contribution < 1.29 is 14.7 Å². The standard InChI is InChI=1S/C18H21N5O3/c1-2-14(25)22-9-7-12(8-10-22)23-17(19)15(18(20)26)16(21-23)11-3-5-13(24)6-4-11/h2-6,12,24H,1,7-10,19H2,(H2,20,26). The van der Waals surface area contributed by atoms with Crippen molar-refractivity contribution in [2.75, 3.05) is 18.8 Å². The summed E-state index contributed by atoms with van der Waals surface area (Å²) in [5, 5.41) is 14.0. The van der Waals surface area contributed by atoms with Gasteiger partial charge in [0.25, 0.3) is 5.91 Å². The SMILES string of the molecule is C=CC(=O)N1CCC(n2nc(-c3ccc(O)cc3)c(C(N)=O)c2N)CC1. The topological polar surface area (TPSA) is 127 Å². The number of benzene rings is 1. The van der Waals surface area contributed by atoms with Crippen LogP contribution in [0.5, 0.6) is 5.75 Å². The summed E-state index contributed by atoms with van der Waals surface area (Å²) in [7, 11) is 0. The summed E-state index contributed by atoms with van der Waals surface area (Å²) < 4.78 is 1.62. The fraction of sp³-hybridized carbons (Fsp3) is 0.278. The molecule has 1 aromatic heterocycles. The van der Waals surface area contributed by atoms with Crippen LogP contribution in [0.4, 0.5) is 5.82 Å². The molecule has 8 heteroatoms. The second-order valence-electron chi connectivity index (χ2n) is 6.23. The predicted octanol–water partition coefficient (Wildman–Crippen LogP) is 1.29. The van der Waals surface area contributed by atoms with E-state index in [1.54, 1.807) is 21.7 Å². The molecule has 136 valence electrons. The third-order valence-corrected chi connectivity index (χ3v) is 4.63. The summed E-state index contributed by atoms with van der Waals surface area (Å²) in [5.41, 5.74) is 12.9. The van der Waals surface area contributed by atoms with E-state index >= 15 is 0 Å². The summed E-state index contributed by atoms with van der Waals surface area (Å²) in [6.45, 7) is 4.63. The zero-order chi connectivity index (χ0) is 18.8. The lowest BCUT2D eigenvalue weighted by atomic mass is 10.0. The number of phenolic OH excluding ortho intramolecular Hbond substituents is 1. The molecule has 0 atom stereocenters. The Labute approximate surface area is 150 Å². The number of nitrogens with zero attached hydrogens (tertiary/aromatic N) is 3. The minimum absolute atomic E-state index is 0.0344. The number of primary amides is 1. The molecular formula is C18H21N5O3. The third-order valence-electron chi connectivity index (χ3n) is 4.63. The number of carbonyl (C=O) groups excluding carboxylic acids is 2. The zero-order valence-electron chi connectivity index (χ0n) is 14.3. The number of amides is 2. The summed E-state index contributed by atoms with van der Waals surface area (Å²) in [6.07, 6.45) is 2.63. The molecule has 2 amide bonds. The Hall–Kier alpha value is -3.29. The highest BCUT2D eigenvalue weighted by Crippen LogP contribution is 2.33. The Bertz CT molecular complexity index is 848. The van der Waals surface area contributed by atoms with E-state index in [2.05, 4.69) is 11.7 Å². The molecule has 0 radical (unpaired) electrons. The van der Waals surface area contributed by atoms with E-state index in [9.17, 15) is 14.7 Å². The Kier molecular flexibility index (Phi) is 4.66. The molecule has 0 unspecified atom stereocenters. The zero-order valence-corrected chi connectivity index (χ0v) is 14.3. The van der Waals surface area contributed by atoms with Gasteiger partial charge in [0.2, 0.25) is 5.91 Å². The molecule has 1 aromatic carbocycles. The van der Waals surface area contributed by atoms with Crippen LogP contribution in [0.2, 0.25) is 0 Å². The van der Waals surface area contributed by atoms with Gasteiger partial charge in [-0.15, -0.1) is 0 Å². The van der Waals surface area contributed by atoms with E-state index in [0.29, 0.717) is 37.2 Å². The molecule has 2 aromatic rings. The van der Waals surface area contributed by atoms with Crippen LogP contribution in [0.3, 0.4) is 0 Å². The number of nitrogen functional groups attached to an aromatic ring is 1. The number of anilines is 1. The summed E-state index contributed by atoms with van der Waals surface area (Å²) in [5.74, 6) is -0.425. The number of hydrogen-bond donors (Lipinski definition) is 3. The second kappa shape index (κ2) is 6.91. The van der Waals surface area contributed by atoms with Gasteiger partial charge in [-0.05, 0) is 43.2 Å². The lowest BCUT2D eigenvalue weighted by Gasteiger charge is -2.31. The first-order valence-electron chi connectivity index (χ1n) is 8.31. The van der Waals surface area contributed by atoms with Gasteiger partial charge < -0.3 is 21.5 Å². The van der Waals surface area contributed by atoms with Crippen LogP contribution in [-0.4, -0.2) is 44.7 Å². The highest BCUT2D eigenvalue weighted by atomic mass is 16.3. The van der Waals surface area contributed by atoms with E-state index in [4.69, 9.17) is 11.5 Å². The van der Waals surface area contributed by atoms with Gasteiger partial charge in [0.05, 0.1) is 6.04 Å². The summed E-state index contributed by atoms with van der Waals surface area (Å²) >= 11 is 0. The van der Waals surface area contributed by atoms with Crippen LogP contribution in [0.1, 0.15) is 29.2 Å². The molecule has 1 aliphatic rings. The number of phenols is 1. The van der Waals surface area contributed by atoms with Crippen molar-refractivity contribution >= 4 is 17.6 Å². The highest BCUT2D eigenvalue weighted by molar-refractivity contribution is 6.03. The van der Waals surface area contributed by atoms with Gasteiger partial charge >= 0.3 is 0 Å². The van der Waals surface area contributed by atoms with Crippen molar-refractivity contribution in [3.8, 4) is 17.0 Å². The van der Waals surface area contributed by atoms with Crippen LogP contribution in [0, 0.1) is 0 Å². The molecule has 5 N–H and O–H groups in total. The Morgan fingerprint density at radius 2 is 1.85 bits per heavy atom. The quantitative estimate of drug-likeness (QED) is 0.712. The van der Waals surface area contributed by atoms with Crippen LogP contribution < -0.4 is 11.5 Å². The van der Waals surface area contributed by atoms with Crippen molar-refractivity contribution in [3.63, 3.8) is 0 Å². The highest BCUT2D eigenvalue weighted by Gasteiger charge is 2.28. The smallest absolute Gasteiger partial charge is 0.254 e. The maximum absolute atomic E-state index is 11.9. The van der Waals surface area contributed by atoms with E-state index < -0.39 is 5.91 Å². The average Bonchev–Trinajstić information content (AvgIpc) is 2.99. The van der Waals surface area contributed by atoms with Crippen molar-refractivity contribution in [1.82, 2.24) is 14.7 Å². The number of nitrogens with two attached hydrogens (primary N) is 2. The maximum atomic E-state index is 11.9. The van der Waals surface area contributed by atoms with E-state index in [1.165, 1.54) is 18.2 Å². The van der Waals surface area contributed by atoms with Gasteiger partial charge in [-0.2, -0.15) is 5.10 Å². The maximum Gasteiger partial charge on any atom is 0.254 e. The van der Waals surface area contributed by atoms with Crippen LogP contribution in [0.25, 0.3) is 11.3 Å². The fourth-order valence-electron chi connectivity index (χ4n) is 3.25. The molecule has 0 aliphatic carbocycles. The first kappa shape index (κ1) is 17.5. The number of hydrogen-bond acceptors (Lipinski definition) is 5. The molecule has 0 bridgehead atoms. The van der Waals surface area contributed by atoms with Gasteiger partial charge in [-0.1, -0.05) is 6.58 Å². The van der Waals surface area contributed by atoms with E-state index in [1.807, 2.05) is 0 Å².